The van der Waals surface area contributed by atoms with Gasteiger partial charge in [0, 0.05) is 41.4 Å². The summed E-state index contributed by atoms with van der Waals surface area (Å²) in [5.41, 5.74) is 2.62. The Kier molecular flexibility index (Phi) is 4.34. The van der Waals surface area contributed by atoms with Gasteiger partial charge in [0.2, 0.25) is 12.5 Å². The average molecular weight is 438 g/mol. The third-order valence-corrected chi connectivity index (χ3v) is 6.18. The molecule has 0 fully saturated rings. The van der Waals surface area contributed by atoms with Crippen molar-refractivity contribution >= 4 is 17.2 Å². The van der Waals surface area contributed by atoms with Gasteiger partial charge in [-0.25, -0.2) is 0 Å². The van der Waals surface area contributed by atoms with E-state index in [9.17, 15) is 20.0 Å². The largest absolute Gasteiger partial charge is 0.500 e. The van der Waals surface area contributed by atoms with Gasteiger partial charge in [0.15, 0.2) is 23.0 Å². The summed E-state index contributed by atoms with van der Waals surface area (Å²) in [6.07, 6.45) is 1.01. The number of ether oxygens (including phenoxy) is 3. The Morgan fingerprint density at radius 1 is 1.19 bits per heavy atom. The van der Waals surface area contributed by atoms with E-state index >= 15 is 0 Å². The Balaban J connectivity index is 1.78. The molecule has 2 N–H and O–H groups in total. The second kappa shape index (κ2) is 6.88. The van der Waals surface area contributed by atoms with Gasteiger partial charge < -0.3 is 24.6 Å². The number of nitrogens with zero attached hydrogens (tertiary/aromatic N) is 1. The van der Waals surface area contributed by atoms with E-state index in [0.717, 1.165) is 16.9 Å². The molecule has 0 amide bonds. The average Bonchev–Trinajstić information content (AvgIpc) is 3.17. The number of nitro groups is 1. The van der Waals surface area contributed by atoms with Crippen LogP contribution in [0.4, 0.5) is 11.4 Å². The van der Waals surface area contributed by atoms with Crippen molar-refractivity contribution in [1.82, 2.24) is 0 Å². The van der Waals surface area contributed by atoms with Crippen LogP contribution in [0, 0.1) is 15.5 Å². The number of hydrogen-bond acceptors (Lipinski definition) is 8. The lowest BCUT2D eigenvalue weighted by molar-refractivity contribution is -0.386. The smallest absolute Gasteiger partial charge is 0.314 e. The third kappa shape index (κ3) is 3.04. The van der Waals surface area contributed by atoms with Crippen LogP contribution in [-0.4, -0.2) is 29.7 Å². The molecule has 9 heteroatoms. The Labute approximate surface area is 183 Å². The first kappa shape index (κ1) is 20.2. The molecule has 9 nitrogen and oxygen atoms in total. The number of phenolic OH excluding ortho intramolecular Hbond substituents is 1. The van der Waals surface area contributed by atoms with E-state index in [1.807, 2.05) is 19.9 Å². The molecule has 3 aliphatic rings. The van der Waals surface area contributed by atoms with Gasteiger partial charge in [-0.15, -0.1) is 0 Å². The topological polar surface area (TPSA) is 120 Å². The Morgan fingerprint density at radius 2 is 1.91 bits per heavy atom. The van der Waals surface area contributed by atoms with Gasteiger partial charge in [-0.05, 0) is 35.1 Å². The molecule has 0 radical (unpaired) electrons. The van der Waals surface area contributed by atoms with Gasteiger partial charge in [0.05, 0.1) is 12.0 Å². The first-order valence-corrected chi connectivity index (χ1v) is 10.2. The van der Waals surface area contributed by atoms with Crippen molar-refractivity contribution in [1.29, 1.82) is 0 Å². The van der Waals surface area contributed by atoms with Crippen molar-refractivity contribution in [3.63, 3.8) is 0 Å². The molecular weight excluding hydrogens is 416 g/mol. The molecule has 2 aromatic rings. The maximum Gasteiger partial charge on any atom is 0.314 e. The number of anilines is 1. The predicted molar refractivity (Wildman–Crippen MR) is 114 cm³/mol. The molecule has 1 atom stereocenters. The molecule has 0 unspecified atom stereocenters. The fourth-order valence-electron chi connectivity index (χ4n) is 4.83. The number of fused-ring (bicyclic) bond motifs is 2. The highest BCUT2D eigenvalue weighted by Gasteiger charge is 2.42. The summed E-state index contributed by atoms with van der Waals surface area (Å²) in [6.45, 7) is 4.17. The number of rotatable bonds is 3. The number of nitrogens with one attached hydrogen (secondary N) is 1. The summed E-state index contributed by atoms with van der Waals surface area (Å²) in [7, 11) is 1.33. The zero-order valence-corrected chi connectivity index (χ0v) is 17.9. The van der Waals surface area contributed by atoms with Crippen molar-refractivity contribution in [2.24, 2.45) is 5.41 Å². The first-order valence-electron chi connectivity index (χ1n) is 10.2. The van der Waals surface area contributed by atoms with Gasteiger partial charge >= 0.3 is 5.69 Å². The van der Waals surface area contributed by atoms with Gasteiger partial charge in [-0.3, -0.25) is 14.9 Å². The minimum atomic E-state index is -0.663. The highest BCUT2D eigenvalue weighted by Crippen LogP contribution is 2.53. The van der Waals surface area contributed by atoms with Gasteiger partial charge in [0.1, 0.15) is 0 Å². The van der Waals surface area contributed by atoms with Gasteiger partial charge in [-0.1, -0.05) is 13.8 Å². The summed E-state index contributed by atoms with van der Waals surface area (Å²) in [4.78, 5) is 24.3. The number of hydrogen-bond donors (Lipinski definition) is 2. The molecule has 166 valence electrons. The molecule has 2 aliphatic heterocycles. The zero-order chi connectivity index (χ0) is 22.8. The summed E-state index contributed by atoms with van der Waals surface area (Å²) in [6, 6.07) is 6.48. The number of carbonyl (C=O) groups is 1. The number of carbonyl (C=O) groups excluding carboxylic acids is 1. The van der Waals surface area contributed by atoms with Crippen LogP contribution >= 0.6 is 0 Å². The summed E-state index contributed by atoms with van der Waals surface area (Å²) < 4.78 is 16.3. The minimum Gasteiger partial charge on any atom is -0.500 e. The third-order valence-electron chi connectivity index (χ3n) is 6.18. The molecule has 2 aromatic carbocycles. The van der Waals surface area contributed by atoms with E-state index in [1.54, 1.807) is 12.1 Å². The van der Waals surface area contributed by atoms with E-state index in [0.29, 0.717) is 35.5 Å². The predicted octanol–water partition coefficient (Wildman–Crippen LogP) is 4.24. The monoisotopic (exact) mass is 438 g/mol. The lowest BCUT2D eigenvalue weighted by Gasteiger charge is -2.39. The normalized spacial score (nSPS) is 20.3. The Morgan fingerprint density at radius 3 is 2.59 bits per heavy atom. The molecule has 0 spiro atoms. The van der Waals surface area contributed by atoms with Crippen LogP contribution in [0.5, 0.6) is 23.0 Å². The van der Waals surface area contributed by atoms with Crippen LogP contribution in [0.15, 0.2) is 35.5 Å². The summed E-state index contributed by atoms with van der Waals surface area (Å²) in [5.74, 6) is -0.0513. The minimum absolute atomic E-state index is 0.0215. The maximum atomic E-state index is 13.3. The summed E-state index contributed by atoms with van der Waals surface area (Å²) in [5, 5.41) is 25.3. The highest BCUT2D eigenvalue weighted by molar-refractivity contribution is 6.02. The van der Waals surface area contributed by atoms with Crippen molar-refractivity contribution < 1.29 is 29.0 Å². The fraction of sp³-hybridized carbons (Fsp3) is 0.348. The quantitative estimate of drug-likeness (QED) is 0.539. The van der Waals surface area contributed by atoms with Crippen molar-refractivity contribution in [2.45, 2.75) is 32.6 Å². The number of methoxy groups -OCH3 is 1. The second-order valence-electron chi connectivity index (χ2n) is 9.03. The van der Waals surface area contributed by atoms with Gasteiger partial charge in [-0.2, -0.15) is 0 Å². The fourth-order valence-corrected chi connectivity index (χ4v) is 4.83. The second-order valence-corrected chi connectivity index (χ2v) is 9.03. The number of aromatic hydroxyl groups is 1. The van der Waals surface area contributed by atoms with Crippen LogP contribution in [0.2, 0.25) is 0 Å². The Hall–Kier alpha value is -3.75. The van der Waals surface area contributed by atoms with Crippen LogP contribution in [0.25, 0.3) is 0 Å². The van der Waals surface area contributed by atoms with Crippen LogP contribution < -0.4 is 19.5 Å². The van der Waals surface area contributed by atoms with Gasteiger partial charge in [0.25, 0.3) is 0 Å². The standard InChI is InChI=1S/C23H22N2O7/c1-23(2)8-14-21(16(26)9-23)20(11-4-15(25(28)29)22(27)19(5-11)30-3)12-6-17-18(32-10-31-17)7-13(12)24-14/h4-7,20,24,27H,8-10H2,1-3H3/t20-/m1/s1. The molecule has 32 heavy (non-hydrogen) atoms. The van der Waals surface area contributed by atoms with E-state index in [4.69, 9.17) is 14.2 Å². The number of allylic oxidation sites excluding steroid dienone is 2. The molecule has 0 aromatic heterocycles. The lowest BCUT2D eigenvalue weighted by Crippen LogP contribution is -2.33. The Bertz CT molecular complexity index is 1220. The van der Waals surface area contributed by atoms with E-state index in [-0.39, 0.29) is 23.7 Å². The van der Waals surface area contributed by atoms with Crippen molar-refractivity contribution in [3.8, 4) is 23.0 Å². The summed E-state index contributed by atoms with van der Waals surface area (Å²) >= 11 is 0. The van der Waals surface area contributed by atoms with Crippen molar-refractivity contribution in [3.05, 3.63) is 56.8 Å². The van der Waals surface area contributed by atoms with E-state index in [2.05, 4.69) is 5.32 Å². The number of ketones is 1. The van der Waals surface area contributed by atoms with Crippen LogP contribution in [0.1, 0.15) is 43.7 Å². The van der Waals surface area contributed by atoms with Crippen LogP contribution in [0.3, 0.4) is 0 Å². The molecule has 0 saturated heterocycles. The lowest BCUT2D eigenvalue weighted by atomic mass is 9.68. The molecule has 1 aliphatic carbocycles. The number of phenols is 1. The molecule has 0 bridgehead atoms. The zero-order valence-electron chi connectivity index (χ0n) is 17.9. The SMILES string of the molecule is COc1cc([C@H]2C3=C(CC(C)(C)CC3=O)Nc3cc4c(cc32)OCO4)cc([N+](=O)[O-])c1O. The first-order chi connectivity index (χ1) is 15.2. The maximum absolute atomic E-state index is 13.3. The van der Waals surface area contributed by atoms with Crippen molar-refractivity contribution in [2.75, 3.05) is 19.2 Å². The van der Waals surface area contributed by atoms with Crippen LogP contribution in [-0.2, 0) is 4.79 Å². The number of nitro benzene ring substituents is 1. The highest BCUT2D eigenvalue weighted by atomic mass is 16.7. The molecule has 2 heterocycles. The molecule has 5 rings (SSSR count). The molecular formula is C23H22N2O7. The van der Waals surface area contributed by atoms with E-state index < -0.39 is 22.3 Å². The van der Waals surface area contributed by atoms with E-state index in [1.165, 1.54) is 13.2 Å². The molecule has 0 saturated carbocycles. The number of benzene rings is 2. The number of Topliss-reactive ketones (excluding diaryl/α,β-unsaturated/α-hetero) is 1.